The highest BCUT2D eigenvalue weighted by atomic mass is 16.3. The van der Waals surface area contributed by atoms with Gasteiger partial charge in [0.25, 0.3) is 0 Å². The number of amides is 1. The second kappa shape index (κ2) is 6.86. The van der Waals surface area contributed by atoms with Crippen LogP contribution >= 0.6 is 0 Å². The van der Waals surface area contributed by atoms with Gasteiger partial charge in [-0.05, 0) is 69.5 Å². The summed E-state index contributed by atoms with van der Waals surface area (Å²) in [6.45, 7) is 6.30. The zero-order chi connectivity index (χ0) is 21.2. The smallest absolute Gasteiger partial charge is 0.243 e. The monoisotopic (exact) mass is 416 g/mol. The Kier molecular flexibility index (Phi) is 4.19. The van der Waals surface area contributed by atoms with Gasteiger partial charge in [-0.1, -0.05) is 24.3 Å². The van der Waals surface area contributed by atoms with E-state index in [-0.39, 0.29) is 17.5 Å². The van der Waals surface area contributed by atoms with Crippen molar-refractivity contribution in [3.63, 3.8) is 0 Å². The van der Waals surface area contributed by atoms with Crippen molar-refractivity contribution in [1.29, 1.82) is 0 Å². The zero-order valence-corrected chi connectivity index (χ0v) is 18.1. The summed E-state index contributed by atoms with van der Waals surface area (Å²) >= 11 is 0. The van der Waals surface area contributed by atoms with E-state index in [9.17, 15) is 4.79 Å². The van der Waals surface area contributed by atoms with E-state index in [1.165, 1.54) is 5.56 Å². The van der Waals surface area contributed by atoms with Crippen molar-refractivity contribution in [2.75, 3.05) is 13.1 Å². The normalized spacial score (nSPS) is 27.8. The predicted molar refractivity (Wildman–Crippen MR) is 117 cm³/mol. The van der Waals surface area contributed by atoms with Crippen LogP contribution in [0.25, 0.3) is 11.3 Å². The third kappa shape index (κ3) is 2.76. The lowest BCUT2D eigenvalue weighted by Crippen LogP contribution is -2.49. The third-order valence-electron chi connectivity index (χ3n) is 7.60. The van der Waals surface area contributed by atoms with Gasteiger partial charge in [-0.25, -0.2) is 0 Å². The number of aryl methyl sites for hydroxylation is 2. The molecule has 1 amide bonds. The fourth-order valence-corrected chi connectivity index (χ4v) is 6.36. The van der Waals surface area contributed by atoms with Crippen molar-refractivity contribution in [1.82, 2.24) is 9.80 Å². The Bertz CT molecular complexity index is 1140. The lowest BCUT2D eigenvalue weighted by atomic mass is 9.85. The predicted octanol–water partition coefficient (Wildman–Crippen LogP) is 5.09. The Hall–Kier alpha value is -2.79. The molecule has 31 heavy (non-hydrogen) atoms. The SMILES string of the molecule is Cc1ccc(CN2C[C@@H]3C[C@@H](c4ccccc4-c4ccc(C)o4)N4CCC[C@@]34C2=O)o1. The van der Waals surface area contributed by atoms with Crippen molar-refractivity contribution >= 4 is 5.91 Å². The summed E-state index contributed by atoms with van der Waals surface area (Å²) in [6, 6.07) is 16.9. The van der Waals surface area contributed by atoms with Crippen LogP contribution in [-0.2, 0) is 11.3 Å². The third-order valence-corrected chi connectivity index (χ3v) is 7.60. The first-order chi connectivity index (χ1) is 15.1. The summed E-state index contributed by atoms with van der Waals surface area (Å²) in [5.41, 5.74) is 2.09. The van der Waals surface area contributed by atoms with Gasteiger partial charge in [-0.3, -0.25) is 9.69 Å². The molecule has 5 nitrogen and oxygen atoms in total. The van der Waals surface area contributed by atoms with E-state index >= 15 is 0 Å². The average Bonchev–Trinajstić information content (AvgIpc) is 3.55. The lowest BCUT2D eigenvalue weighted by molar-refractivity contribution is -0.137. The number of benzene rings is 1. The molecule has 3 saturated heterocycles. The van der Waals surface area contributed by atoms with Crippen molar-refractivity contribution in [2.45, 2.75) is 51.2 Å². The number of hydrogen-bond acceptors (Lipinski definition) is 4. The minimum atomic E-state index is -0.349. The van der Waals surface area contributed by atoms with Gasteiger partial charge in [0.1, 0.15) is 28.6 Å². The Morgan fingerprint density at radius 3 is 2.61 bits per heavy atom. The highest BCUT2D eigenvalue weighted by Crippen LogP contribution is 2.57. The van der Waals surface area contributed by atoms with E-state index in [1.54, 1.807) is 0 Å². The van der Waals surface area contributed by atoms with Crippen LogP contribution in [0.4, 0.5) is 0 Å². The van der Waals surface area contributed by atoms with E-state index in [0.29, 0.717) is 12.5 Å². The van der Waals surface area contributed by atoms with Gasteiger partial charge in [-0.15, -0.1) is 0 Å². The highest BCUT2D eigenvalue weighted by molar-refractivity contribution is 5.90. The van der Waals surface area contributed by atoms with Gasteiger partial charge >= 0.3 is 0 Å². The summed E-state index contributed by atoms with van der Waals surface area (Å²) in [4.78, 5) is 18.3. The first-order valence-corrected chi connectivity index (χ1v) is 11.3. The van der Waals surface area contributed by atoms with Crippen LogP contribution in [0.3, 0.4) is 0 Å². The van der Waals surface area contributed by atoms with Crippen LogP contribution in [-0.4, -0.2) is 34.3 Å². The van der Waals surface area contributed by atoms with Gasteiger partial charge < -0.3 is 13.7 Å². The molecule has 1 aromatic carbocycles. The molecule has 160 valence electrons. The first kappa shape index (κ1) is 18.9. The van der Waals surface area contributed by atoms with Crippen molar-refractivity contribution in [2.24, 2.45) is 5.92 Å². The number of carbonyl (C=O) groups is 1. The van der Waals surface area contributed by atoms with Gasteiger partial charge in [0, 0.05) is 24.1 Å². The van der Waals surface area contributed by atoms with Crippen LogP contribution in [0.15, 0.2) is 57.4 Å². The molecule has 5 heterocycles. The summed E-state index contributed by atoms with van der Waals surface area (Å²) in [5, 5.41) is 0. The Morgan fingerprint density at radius 1 is 1.03 bits per heavy atom. The molecule has 3 atom stereocenters. The highest BCUT2D eigenvalue weighted by Gasteiger charge is 2.65. The maximum atomic E-state index is 13.8. The van der Waals surface area contributed by atoms with Gasteiger partial charge in [0.2, 0.25) is 5.91 Å². The number of carbonyl (C=O) groups excluding carboxylic acids is 1. The molecule has 0 aliphatic carbocycles. The van der Waals surface area contributed by atoms with Crippen LogP contribution in [0.5, 0.6) is 0 Å². The molecule has 5 heteroatoms. The standard InChI is InChI=1S/C26H28N2O3/c1-17-8-10-20(30-17)16-27-15-19-14-23(28-13-5-12-26(19,28)25(27)29)21-6-3-4-7-22(21)24-11-9-18(2)31-24/h3-4,6-11,19,23H,5,12-16H2,1-2H3/t19-,23-,26-/m0/s1. The van der Waals surface area contributed by atoms with Crippen LogP contribution in [0.2, 0.25) is 0 Å². The molecular weight excluding hydrogens is 388 g/mol. The second-order valence-electron chi connectivity index (χ2n) is 9.37. The van der Waals surface area contributed by atoms with Crippen molar-refractivity contribution in [3.8, 4) is 11.3 Å². The van der Waals surface area contributed by atoms with E-state index in [4.69, 9.17) is 8.83 Å². The molecule has 3 aromatic rings. The van der Waals surface area contributed by atoms with E-state index in [0.717, 1.165) is 61.0 Å². The average molecular weight is 417 g/mol. The van der Waals surface area contributed by atoms with Gasteiger partial charge in [-0.2, -0.15) is 0 Å². The maximum Gasteiger partial charge on any atom is 0.243 e. The molecule has 1 spiro atoms. The summed E-state index contributed by atoms with van der Waals surface area (Å²) in [5.74, 6) is 4.26. The fraction of sp³-hybridized carbons (Fsp3) is 0.423. The quantitative estimate of drug-likeness (QED) is 0.594. The molecule has 0 saturated carbocycles. The lowest BCUT2D eigenvalue weighted by Gasteiger charge is -2.34. The number of likely N-dealkylation sites (tertiary alicyclic amines) is 1. The van der Waals surface area contributed by atoms with Crippen LogP contribution in [0.1, 0.15) is 48.1 Å². The summed E-state index contributed by atoms with van der Waals surface area (Å²) < 4.78 is 11.7. The second-order valence-corrected chi connectivity index (χ2v) is 9.37. The van der Waals surface area contributed by atoms with Gasteiger partial charge in [0.05, 0.1) is 6.54 Å². The summed E-state index contributed by atoms with van der Waals surface area (Å²) in [7, 11) is 0. The molecular formula is C26H28N2O3. The minimum absolute atomic E-state index is 0.256. The zero-order valence-electron chi connectivity index (χ0n) is 18.1. The van der Waals surface area contributed by atoms with E-state index < -0.39 is 0 Å². The Morgan fingerprint density at radius 2 is 1.84 bits per heavy atom. The number of nitrogens with zero attached hydrogens (tertiary/aromatic N) is 2. The largest absolute Gasteiger partial charge is 0.464 e. The Labute approximate surface area is 182 Å². The molecule has 0 bridgehead atoms. The van der Waals surface area contributed by atoms with Crippen LogP contribution in [0, 0.1) is 19.8 Å². The van der Waals surface area contributed by atoms with Gasteiger partial charge in [0.15, 0.2) is 0 Å². The molecule has 0 unspecified atom stereocenters. The maximum absolute atomic E-state index is 13.8. The molecule has 6 rings (SSSR count). The molecule has 0 N–H and O–H groups in total. The fourth-order valence-electron chi connectivity index (χ4n) is 6.36. The minimum Gasteiger partial charge on any atom is -0.464 e. The summed E-state index contributed by atoms with van der Waals surface area (Å²) in [6.07, 6.45) is 3.05. The van der Waals surface area contributed by atoms with Crippen molar-refractivity contribution in [3.05, 3.63) is 71.4 Å². The van der Waals surface area contributed by atoms with Crippen molar-refractivity contribution < 1.29 is 13.6 Å². The topological polar surface area (TPSA) is 49.8 Å². The molecule has 0 radical (unpaired) electrons. The number of furan rings is 2. The number of rotatable bonds is 4. The van der Waals surface area contributed by atoms with Crippen LogP contribution < -0.4 is 0 Å². The molecule has 3 aliphatic rings. The number of hydrogen-bond donors (Lipinski definition) is 0. The molecule has 3 aliphatic heterocycles. The molecule has 3 fully saturated rings. The molecule has 2 aromatic heterocycles. The van der Waals surface area contributed by atoms with E-state index in [2.05, 4.69) is 35.2 Å². The Balaban J connectivity index is 1.33. The van der Waals surface area contributed by atoms with E-state index in [1.807, 2.05) is 36.9 Å². The first-order valence-electron chi connectivity index (χ1n) is 11.3.